The zero-order valence-electron chi connectivity index (χ0n) is 12.2. The molecule has 7 nitrogen and oxygen atoms in total. The number of urea groups is 1. The summed E-state index contributed by atoms with van der Waals surface area (Å²) in [6.07, 6.45) is 1.33. The van der Waals surface area contributed by atoms with Gasteiger partial charge in [-0.1, -0.05) is 22.0 Å². The van der Waals surface area contributed by atoms with Crippen LogP contribution in [-0.4, -0.2) is 27.1 Å². The molecule has 1 aliphatic heterocycles. The summed E-state index contributed by atoms with van der Waals surface area (Å²) in [4.78, 5) is 34.4. The van der Waals surface area contributed by atoms with Crippen LogP contribution in [0.3, 0.4) is 0 Å². The van der Waals surface area contributed by atoms with Crippen LogP contribution in [0.25, 0.3) is 10.2 Å². The van der Waals surface area contributed by atoms with E-state index in [0.717, 1.165) is 21.4 Å². The van der Waals surface area contributed by atoms with Crippen LogP contribution in [0.15, 0.2) is 29.0 Å². The number of carbonyl (C=O) groups excluding carboxylic acids is 1. The Morgan fingerprint density at radius 3 is 2.88 bits per heavy atom. The van der Waals surface area contributed by atoms with E-state index in [1.54, 1.807) is 0 Å². The van der Waals surface area contributed by atoms with E-state index in [-0.39, 0.29) is 10.6 Å². The predicted octanol–water partition coefficient (Wildman–Crippen LogP) is 4.14. The van der Waals surface area contributed by atoms with Gasteiger partial charge in [-0.05, 0) is 24.6 Å². The Kier molecular flexibility index (Phi) is 3.29. The first kappa shape index (κ1) is 15.0. The lowest BCUT2D eigenvalue weighted by atomic mass is 10.1. The summed E-state index contributed by atoms with van der Waals surface area (Å²) in [7, 11) is 0. The summed E-state index contributed by atoms with van der Waals surface area (Å²) in [5, 5.41) is 12.5. The van der Waals surface area contributed by atoms with Crippen molar-refractivity contribution in [2.45, 2.75) is 6.92 Å². The van der Waals surface area contributed by atoms with Gasteiger partial charge in [0.25, 0.3) is 0 Å². The fourth-order valence-electron chi connectivity index (χ4n) is 2.58. The number of aryl methyl sites for hydroxylation is 1. The number of anilines is 3. The molecule has 3 aromatic rings. The summed E-state index contributed by atoms with van der Waals surface area (Å²) < 4.78 is 0.862. The number of nitrogens with one attached hydrogen (secondary N) is 1. The Balaban J connectivity index is 1.99. The van der Waals surface area contributed by atoms with Crippen molar-refractivity contribution in [1.82, 2.24) is 9.97 Å². The Hall–Kier alpha value is -2.52. The maximum absolute atomic E-state index is 12.6. The van der Waals surface area contributed by atoms with Crippen molar-refractivity contribution < 1.29 is 14.7 Å². The van der Waals surface area contributed by atoms with Gasteiger partial charge in [0.15, 0.2) is 5.82 Å². The predicted molar refractivity (Wildman–Crippen MR) is 94.4 cm³/mol. The van der Waals surface area contributed by atoms with Gasteiger partial charge in [0.2, 0.25) is 0 Å². The van der Waals surface area contributed by atoms with Gasteiger partial charge in [-0.3, -0.25) is 0 Å². The van der Waals surface area contributed by atoms with Crippen LogP contribution in [0.2, 0.25) is 0 Å². The van der Waals surface area contributed by atoms with Gasteiger partial charge in [-0.15, -0.1) is 11.3 Å². The van der Waals surface area contributed by atoms with E-state index in [2.05, 4.69) is 31.2 Å². The molecular weight excluding hydrogens is 396 g/mol. The molecule has 120 valence electrons. The first-order valence-corrected chi connectivity index (χ1v) is 8.46. The van der Waals surface area contributed by atoms with E-state index in [0.29, 0.717) is 21.7 Å². The number of rotatable bonds is 2. The SMILES string of the molecule is Cc1ccc(N2C(=O)Nc3c(C(=O)O)sc4ncnc2c34)cc1Br. The van der Waals surface area contributed by atoms with Crippen molar-refractivity contribution in [3.8, 4) is 0 Å². The molecule has 24 heavy (non-hydrogen) atoms. The maximum Gasteiger partial charge on any atom is 0.348 e. The first-order chi connectivity index (χ1) is 11.5. The summed E-state index contributed by atoms with van der Waals surface area (Å²) >= 11 is 4.47. The number of aromatic nitrogens is 2. The van der Waals surface area contributed by atoms with Gasteiger partial charge in [-0.25, -0.2) is 24.5 Å². The average molecular weight is 405 g/mol. The molecule has 0 spiro atoms. The molecule has 0 radical (unpaired) electrons. The zero-order chi connectivity index (χ0) is 17.0. The van der Waals surface area contributed by atoms with E-state index in [1.165, 1.54) is 11.2 Å². The van der Waals surface area contributed by atoms with Gasteiger partial charge >= 0.3 is 12.0 Å². The van der Waals surface area contributed by atoms with Crippen LogP contribution in [0.4, 0.5) is 22.0 Å². The molecule has 9 heteroatoms. The van der Waals surface area contributed by atoms with Crippen molar-refractivity contribution in [2.24, 2.45) is 0 Å². The molecule has 0 saturated heterocycles. The van der Waals surface area contributed by atoms with Gasteiger partial charge in [-0.2, -0.15) is 0 Å². The molecule has 2 N–H and O–H groups in total. The molecule has 0 aliphatic carbocycles. The minimum Gasteiger partial charge on any atom is -0.477 e. The van der Waals surface area contributed by atoms with Gasteiger partial charge in [0.1, 0.15) is 16.0 Å². The molecule has 2 amide bonds. The molecular formula is C15H9BrN4O3S. The minimum absolute atomic E-state index is 0.0461. The van der Waals surface area contributed by atoms with Crippen LogP contribution < -0.4 is 10.2 Å². The minimum atomic E-state index is -1.11. The lowest BCUT2D eigenvalue weighted by Gasteiger charge is -2.27. The highest BCUT2D eigenvalue weighted by molar-refractivity contribution is 9.10. The van der Waals surface area contributed by atoms with Crippen molar-refractivity contribution in [2.75, 3.05) is 10.2 Å². The molecule has 1 aromatic carbocycles. The Morgan fingerprint density at radius 2 is 2.17 bits per heavy atom. The van der Waals surface area contributed by atoms with E-state index < -0.39 is 12.0 Å². The Morgan fingerprint density at radius 1 is 1.38 bits per heavy atom. The Bertz CT molecular complexity index is 1030. The number of thiophene rings is 1. The highest BCUT2D eigenvalue weighted by Gasteiger charge is 2.33. The summed E-state index contributed by atoms with van der Waals surface area (Å²) in [5.41, 5.74) is 1.91. The first-order valence-electron chi connectivity index (χ1n) is 6.85. The number of carbonyl (C=O) groups is 2. The number of carboxylic acids is 1. The molecule has 0 bridgehead atoms. The second-order valence-corrected chi connectivity index (χ2v) is 7.04. The maximum atomic E-state index is 12.6. The van der Waals surface area contributed by atoms with Crippen molar-refractivity contribution >= 4 is 66.7 Å². The summed E-state index contributed by atoms with van der Waals surface area (Å²) in [6, 6.07) is 5.05. The number of hydrogen-bond acceptors (Lipinski definition) is 5. The van der Waals surface area contributed by atoms with E-state index >= 15 is 0 Å². The summed E-state index contributed by atoms with van der Waals surface area (Å²) in [5.74, 6) is -0.732. The van der Waals surface area contributed by atoms with Crippen molar-refractivity contribution in [1.29, 1.82) is 0 Å². The fraction of sp³-hybridized carbons (Fsp3) is 0.0667. The molecule has 0 unspecified atom stereocenters. The normalized spacial score (nSPS) is 13.2. The lowest BCUT2D eigenvalue weighted by molar-refractivity contribution is 0.0703. The quantitative estimate of drug-likeness (QED) is 0.668. The van der Waals surface area contributed by atoms with Crippen LogP contribution in [0, 0.1) is 6.92 Å². The third kappa shape index (κ3) is 2.09. The standard InChI is InChI=1S/C15H9BrN4O3S/c1-6-2-3-7(4-8(6)16)20-12-9-10(19-15(20)23)11(14(21)22)24-13(9)18-5-17-12/h2-5H,1H3,(H,19,23)(H,21,22). The van der Waals surface area contributed by atoms with Crippen LogP contribution in [0.1, 0.15) is 15.2 Å². The average Bonchev–Trinajstić information content (AvgIpc) is 2.91. The number of benzene rings is 1. The number of amides is 2. The van der Waals surface area contributed by atoms with Crippen molar-refractivity contribution in [3.05, 3.63) is 39.4 Å². The highest BCUT2D eigenvalue weighted by atomic mass is 79.9. The second kappa shape index (κ2) is 5.25. The monoisotopic (exact) mass is 404 g/mol. The molecule has 1 aliphatic rings. The number of aromatic carboxylic acids is 1. The van der Waals surface area contributed by atoms with Gasteiger partial charge in [0, 0.05) is 4.47 Å². The van der Waals surface area contributed by atoms with E-state index in [4.69, 9.17) is 0 Å². The zero-order valence-corrected chi connectivity index (χ0v) is 14.6. The number of nitrogens with zero attached hydrogens (tertiary/aromatic N) is 3. The van der Waals surface area contributed by atoms with E-state index in [1.807, 2.05) is 25.1 Å². The lowest BCUT2D eigenvalue weighted by Crippen LogP contribution is -2.34. The van der Waals surface area contributed by atoms with E-state index in [9.17, 15) is 14.7 Å². The molecule has 3 heterocycles. The summed E-state index contributed by atoms with van der Waals surface area (Å²) in [6.45, 7) is 1.95. The fourth-order valence-corrected chi connectivity index (χ4v) is 3.87. The molecule has 4 rings (SSSR count). The topological polar surface area (TPSA) is 95.4 Å². The molecule has 0 atom stereocenters. The smallest absolute Gasteiger partial charge is 0.348 e. The second-order valence-electron chi connectivity index (χ2n) is 5.19. The van der Waals surface area contributed by atoms with Crippen molar-refractivity contribution in [3.63, 3.8) is 0 Å². The van der Waals surface area contributed by atoms with Gasteiger partial charge < -0.3 is 10.4 Å². The number of halogens is 1. The molecule has 0 saturated carbocycles. The van der Waals surface area contributed by atoms with Gasteiger partial charge in [0.05, 0.1) is 16.8 Å². The largest absolute Gasteiger partial charge is 0.477 e. The van der Waals surface area contributed by atoms with Crippen LogP contribution in [-0.2, 0) is 0 Å². The highest BCUT2D eigenvalue weighted by Crippen LogP contribution is 2.44. The Labute approximate surface area is 148 Å². The number of carboxylic acid groups (broad SMARTS) is 1. The molecule has 0 fully saturated rings. The third-order valence-corrected chi connectivity index (χ3v) is 5.66. The van der Waals surface area contributed by atoms with Crippen LogP contribution >= 0.6 is 27.3 Å². The number of hydrogen-bond donors (Lipinski definition) is 2. The molecule has 2 aromatic heterocycles. The van der Waals surface area contributed by atoms with Crippen LogP contribution in [0.5, 0.6) is 0 Å². The third-order valence-electron chi connectivity index (χ3n) is 3.72.